The van der Waals surface area contributed by atoms with Crippen molar-refractivity contribution in [2.24, 2.45) is 0 Å². The Morgan fingerprint density at radius 3 is 2.21 bits per heavy atom. The van der Waals surface area contributed by atoms with Crippen LogP contribution in [0.25, 0.3) is 21.5 Å². The molecule has 0 saturated carbocycles. The monoisotopic (exact) mass is 337 g/mol. The van der Waals surface area contributed by atoms with Gasteiger partial charge in [0.05, 0.1) is 0 Å². The van der Waals surface area contributed by atoms with Crippen LogP contribution < -0.4 is 5.43 Å². The third-order valence-corrected chi connectivity index (χ3v) is 4.58. The van der Waals surface area contributed by atoms with Gasteiger partial charge >= 0.3 is 7.65 Å². The average molecular weight is 337 g/mol. The van der Waals surface area contributed by atoms with Crippen molar-refractivity contribution >= 4 is 29.1 Å². The second-order valence-electron chi connectivity index (χ2n) is 5.02. The molecule has 4 nitrogen and oxygen atoms in total. The standard InChI is InChI=1S/C12H8O2P.C7H6O2/c13-15-12-8-4-2-6-10(12)9-5-1-3-7-11(9)14-15;8-6-4-2-1-3-5-7(6)9/h1-8H;1-5H,(H,8,9)/q+1;. The first-order valence-corrected chi connectivity index (χ1v) is 8.46. The van der Waals surface area contributed by atoms with Crippen LogP contribution >= 0.6 is 7.65 Å². The molecule has 1 atom stereocenters. The van der Waals surface area contributed by atoms with Crippen LogP contribution in [0, 0.1) is 0 Å². The van der Waals surface area contributed by atoms with Gasteiger partial charge in [-0.3, -0.25) is 4.79 Å². The minimum atomic E-state index is -1.74. The Labute approximate surface area is 138 Å². The van der Waals surface area contributed by atoms with Gasteiger partial charge < -0.3 is 5.11 Å². The molecule has 0 aliphatic rings. The molecule has 3 aromatic carbocycles. The molecule has 0 bridgehead atoms. The highest BCUT2D eigenvalue weighted by Crippen LogP contribution is 2.34. The molecule has 0 fully saturated rings. The number of fused-ring (bicyclic) bond motifs is 3. The largest absolute Gasteiger partial charge is 0.597 e. The van der Waals surface area contributed by atoms with E-state index in [-0.39, 0.29) is 11.2 Å². The van der Waals surface area contributed by atoms with Gasteiger partial charge in [0, 0.05) is 10.8 Å². The molecule has 0 aliphatic carbocycles. The zero-order chi connectivity index (χ0) is 16.9. The van der Waals surface area contributed by atoms with Gasteiger partial charge in [0.2, 0.25) is 10.5 Å². The van der Waals surface area contributed by atoms with Gasteiger partial charge in [-0.05, 0) is 34.9 Å². The van der Waals surface area contributed by atoms with Crippen molar-refractivity contribution in [3.63, 3.8) is 0 Å². The van der Waals surface area contributed by atoms with Crippen molar-refractivity contribution in [3.8, 4) is 5.75 Å². The van der Waals surface area contributed by atoms with Crippen LogP contribution in [-0.4, -0.2) is 5.11 Å². The molecule has 0 radical (unpaired) electrons. The lowest BCUT2D eigenvalue weighted by atomic mass is 10.1. The van der Waals surface area contributed by atoms with Crippen LogP contribution in [0.15, 0.2) is 87.9 Å². The molecule has 1 N–H and O–H groups in total. The van der Waals surface area contributed by atoms with E-state index >= 15 is 0 Å². The first-order chi connectivity index (χ1) is 11.7. The van der Waals surface area contributed by atoms with Gasteiger partial charge in [0.25, 0.3) is 0 Å². The van der Waals surface area contributed by atoms with Gasteiger partial charge in [-0.1, -0.05) is 48.5 Å². The molecule has 4 aromatic rings. The lowest BCUT2D eigenvalue weighted by Gasteiger charge is -1.94. The molecule has 0 spiro atoms. The summed E-state index contributed by atoms with van der Waals surface area (Å²) in [6.07, 6.45) is 0. The molecule has 0 amide bonds. The molecule has 4 rings (SSSR count). The van der Waals surface area contributed by atoms with Crippen molar-refractivity contribution in [1.82, 2.24) is 0 Å². The fourth-order valence-electron chi connectivity index (χ4n) is 2.29. The van der Waals surface area contributed by atoms with Crippen LogP contribution in [0.2, 0.25) is 0 Å². The second kappa shape index (κ2) is 7.07. The van der Waals surface area contributed by atoms with E-state index < -0.39 is 7.65 Å². The highest BCUT2D eigenvalue weighted by Gasteiger charge is 2.14. The van der Waals surface area contributed by atoms with Crippen LogP contribution in [-0.2, 0) is 4.57 Å². The molecule has 1 unspecified atom stereocenters. The third kappa shape index (κ3) is 3.34. The summed E-state index contributed by atoms with van der Waals surface area (Å²) >= 11 is 0. The topological polar surface area (TPSA) is 67.5 Å². The van der Waals surface area contributed by atoms with Gasteiger partial charge in [0.15, 0.2) is 11.3 Å². The van der Waals surface area contributed by atoms with Gasteiger partial charge in [-0.15, -0.1) is 0 Å². The summed E-state index contributed by atoms with van der Waals surface area (Å²) in [4.78, 5) is 10.6. The second-order valence-corrected chi connectivity index (χ2v) is 6.20. The fraction of sp³-hybridized carbons (Fsp3) is 0. The Balaban J connectivity index is 0.000000162. The number of hydrogen-bond acceptors (Lipinski definition) is 4. The van der Waals surface area contributed by atoms with E-state index in [1.165, 1.54) is 12.1 Å². The predicted molar refractivity (Wildman–Crippen MR) is 95.7 cm³/mol. The Kier molecular flexibility index (Phi) is 4.69. The van der Waals surface area contributed by atoms with Gasteiger partial charge in [0.1, 0.15) is 0 Å². The van der Waals surface area contributed by atoms with Crippen LogP contribution in [0.5, 0.6) is 5.75 Å². The molecule has 24 heavy (non-hydrogen) atoms. The zero-order valence-electron chi connectivity index (χ0n) is 12.6. The van der Waals surface area contributed by atoms with E-state index in [4.69, 9.17) is 9.30 Å². The molecule has 0 saturated heterocycles. The van der Waals surface area contributed by atoms with E-state index in [9.17, 15) is 9.36 Å². The highest BCUT2D eigenvalue weighted by atomic mass is 31.1. The normalized spacial score (nSPS) is 10.9. The van der Waals surface area contributed by atoms with Crippen molar-refractivity contribution < 1.29 is 13.9 Å². The highest BCUT2D eigenvalue weighted by molar-refractivity contribution is 7.37. The molecular weight excluding hydrogens is 323 g/mol. The van der Waals surface area contributed by atoms with E-state index in [0.717, 1.165) is 15.9 Å². The first kappa shape index (κ1) is 15.9. The number of rotatable bonds is 0. The molecule has 0 aliphatic heterocycles. The molecule has 5 heteroatoms. The summed E-state index contributed by atoms with van der Waals surface area (Å²) in [5.41, 5.74) is 0.359. The Bertz CT molecular complexity index is 1120. The summed E-state index contributed by atoms with van der Waals surface area (Å²) in [6, 6.07) is 22.9. The van der Waals surface area contributed by atoms with Crippen LogP contribution in [0.1, 0.15) is 0 Å². The summed E-state index contributed by atoms with van der Waals surface area (Å²) < 4.78 is 17.1. The number of benzene rings is 2. The quantitative estimate of drug-likeness (QED) is 0.454. The Morgan fingerprint density at radius 1 is 0.750 bits per heavy atom. The SMILES string of the molecule is O=[p+]1oc2ccccc2c2ccccc21.O=c1cccccc1O. The average Bonchev–Trinajstić information content (AvgIpc) is 2.80. The molecule has 1 heterocycles. The van der Waals surface area contributed by atoms with Gasteiger partial charge in [-0.25, -0.2) is 4.20 Å². The smallest absolute Gasteiger partial charge is 0.504 e. The summed E-state index contributed by atoms with van der Waals surface area (Å²) in [5.74, 6) is -0.208. The lowest BCUT2D eigenvalue weighted by molar-refractivity contribution is 0.471. The van der Waals surface area contributed by atoms with Crippen molar-refractivity contribution in [1.29, 1.82) is 0 Å². The van der Waals surface area contributed by atoms with E-state index in [2.05, 4.69) is 0 Å². The zero-order valence-corrected chi connectivity index (χ0v) is 13.5. The van der Waals surface area contributed by atoms with Crippen molar-refractivity contribution in [3.05, 3.63) is 89.1 Å². The maximum Gasteiger partial charge on any atom is 0.597 e. The molecule has 1 aromatic heterocycles. The minimum absolute atomic E-state index is 0.208. The van der Waals surface area contributed by atoms with E-state index in [1.807, 2.05) is 48.5 Å². The maximum atomic E-state index is 11.8. The first-order valence-electron chi connectivity index (χ1n) is 7.29. The van der Waals surface area contributed by atoms with Crippen LogP contribution in [0.4, 0.5) is 0 Å². The van der Waals surface area contributed by atoms with Crippen molar-refractivity contribution in [2.45, 2.75) is 0 Å². The number of para-hydroxylation sites is 1. The maximum absolute atomic E-state index is 11.8. The summed E-state index contributed by atoms with van der Waals surface area (Å²) in [6.45, 7) is 0. The number of aromatic hydroxyl groups is 1. The fourth-order valence-corrected chi connectivity index (χ4v) is 3.32. The molecule has 118 valence electrons. The molecular formula is C19H14O4P+. The Morgan fingerprint density at radius 2 is 1.38 bits per heavy atom. The lowest BCUT2D eigenvalue weighted by Crippen LogP contribution is -1.90. The summed E-state index contributed by atoms with van der Waals surface area (Å²) in [7, 11) is -1.74. The third-order valence-electron chi connectivity index (χ3n) is 3.44. The van der Waals surface area contributed by atoms with Crippen LogP contribution in [0.3, 0.4) is 0 Å². The van der Waals surface area contributed by atoms with Gasteiger partial charge in [-0.2, -0.15) is 0 Å². The van der Waals surface area contributed by atoms with Crippen molar-refractivity contribution in [2.75, 3.05) is 0 Å². The Hall–Kier alpha value is -2.97. The summed E-state index contributed by atoms with van der Waals surface area (Å²) in [5, 5.41) is 11.6. The minimum Gasteiger partial charge on any atom is -0.504 e. The number of hydrogen-bond donors (Lipinski definition) is 1. The van der Waals surface area contributed by atoms with E-state index in [1.54, 1.807) is 18.2 Å². The van der Waals surface area contributed by atoms with E-state index in [0.29, 0.717) is 5.58 Å². The predicted octanol–water partition coefficient (Wildman–Crippen LogP) is 5.08.